The van der Waals surface area contributed by atoms with Crippen LogP contribution in [-0.2, 0) is 25.5 Å². The fraction of sp³-hybridized carbons (Fsp3) is 0.607. The fourth-order valence-electron chi connectivity index (χ4n) is 5.77. The number of hydrogen-bond donors (Lipinski definition) is 2. The number of allylic oxidation sites excluding steroid dienone is 2. The van der Waals surface area contributed by atoms with Gasteiger partial charge in [-0.15, -0.1) is 0 Å². The van der Waals surface area contributed by atoms with Gasteiger partial charge in [0.05, 0.1) is 5.41 Å². The molecule has 4 aliphatic rings. The minimum Gasteiger partial charge on any atom is -0.381 e. The second-order valence-electron chi connectivity index (χ2n) is 10.7. The first-order chi connectivity index (χ1) is 17.0. The van der Waals surface area contributed by atoms with E-state index in [0.29, 0.717) is 52.0 Å². The lowest BCUT2D eigenvalue weighted by Gasteiger charge is -2.40. The molecule has 0 unspecified atom stereocenters. The lowest BCUT2D eigenvalue weighted by atomic mass is 9.75. The first-order valence-corrected chi connectivity index (χ1v) is 13.2. The zero-order valence-electron chi connectivity index (χ0n) is 20.4. The monoisotopic (exact) mass is 479 g/mol. The molecule has 1 spiro atoms. The largest absolute Gasteiger partial charge is 0.381 e. The first-order valence-electron chi connectivity index (χ1n) is 13.2. The number of hydrogen-bond acceptors (Lipinski definition) is 4. The summed E-state index contributed by atoms with van der Waals surface area (Å²) in [7, 11) is 0. The molecule has 5 rings (SSSR count). The third-order valence-electron chi connectivity index (χ3n) is 8.25. The van der Waals surface area contributed by atoms with Gasteiger partial charge in [-0.25, -0.2) is 0 Å². The van der Waals surface area contributed by atoms with Crippen LogP contribution < -0.4 is 10.6 Å². The lowest BCUT2D eigenvalue weighted by molar-refractivity contribution is -0.140. The molecule has 3 amide bonds. The van der Waals surface area contributed by atoms with Crippen LogP contribution in [0.2, 0.25) is 0 Å². The predicted molar refractivity (Wildman–Crippen MR) is 132 cm³/mol. The molecule has 1 aliphatic carbocycles. The van der Waals surface area contributed by atoms with Crippen molar-refractivity contribution < 1.29 is 19.1 Å². The van der Waals surface area contributed by atoms with E-state index in [9.17, 15) is 14.4 Å². The predicted octanol–water partition coefficient (Wildman–Crippen LogP) is 2.60. The molecule has 7 heteroatoms. The summed E-state index contributed by atoms with van der Waals surface area (Å²) < 4.78 is 5.57. The average Bonchev–Trinajstić information content (AvgIpc) is 3.73. The van der Waals surface area contributed by atoms with E-state index in [1.807, 2.05) is 35.2 Å². The summed E-state index contributed by atoms with van der Waals surface area (Å²) in [6, 6.07) is 9.20. The van der Waals surface area contributed by atoms with Gasteiger partial charge in [0.15, 0.2) is 0 Å². The summed E-state index contributed by atoms with van der Waals surface area (Å²) >= 11 is 0. The molecule has 0 bridgehead atoms. The van der Waals surface area contributed by atoms with Gasteiger partial charge in [-0.05, 0) is 50.5 Å². The Labute approximate surface area is 207 Å². The van der Waals surface area contributed by atoms with Gasteiger partial charge in [-0.3, -0.25) is 14.4 Å². The average molecular weight is 480 g/mol. The lowest BCUT2D eigenvalue weighted by Crippen LogP contribution is -2.58. The molecule has 188 valence electrons. The van der Waals surface area contributed by atoms with E-state index in [1.165, 1.54) is 0 Å². The van der Waals surface area contributed by atoms with Crippen LogP contribution in [0.1, 0.15) is 50.5 Å². The third-order valence-corrected chi connectivity index (χ3v) is 8.25. The van der Waals surface area contributed by atoms with Crippen LogP contribution in [0.4, 0.5) is 0 Å². The summed E-state index contributed by atoms with van der Waals surface area (Å²) in [6.45, 7) is 2.47. The van der Waals surface area contributed by atoms with Crippen molar-refractivity contribution in [2.24, 2.45) is 17.3 Å². The van der Waals surface area contributed by atoms with Gasteiger partial charge < -0.3 is 20.3 Å². The molecule has 3 atom stereocenters. The van der Waals surface area contributed by atoms with E-state index in [0.717, 1.165) is 31.2 Å². The van der Waals surface area contributed by atoms with E-state index in [1.54, 1.807) is 0 Å². The zero-order valence-corrected chi connectivity index (χ0v) is 20.4. The summed E-state index contributed by atoms with van der Waals surface area (Å²) in [4.78, 5) is 41.9. The van der Waals surface area contributed by atoms with Crippen molar-refractivity contribution in [1.82, 2.24) is 15.5 Å². The van der Waals surface area contributed by atoms with Gasteiger partial charge >= 0.3 is 0 Å². The Balaban J connectivity index is 1.39. The second kappa shape index (κ2) is 10.5. The van der Waals surface area contributed by atoms with Gasteiger partial charge in [0.25, 0.3) is 0 Å². The summed E-state index contributed by atoms with van der Waals surface area (Å²) in [5, 5.41) is 6.41. The Hall–Kier alpha value is -2.67. The smallest absolute Gasteiger partial charge is 0.243 e. The molecule has 2 saturated heterocycles. The topological polar surface area (TPSA) is 87.7 Å². The molecule has 3 aliphatic heterocycles. The van der Waals surface area contributed by atoms with Crippen molar-refractivity contribution in [3.63, 3.8) is 0 Å². The highest BCUT2D eigenvalue weighted by molar-refractivity contribution is 5.90. The molecule has 0 radical (unpaired) electrons. The molecule has 1 aromatic carbocycles. The molecule has 1 aromatic rings. The number of ether oxygens (including phenoxy) is 1. The molecule has 35 heavy (non-hydrogen) atoms. The number of nitrogens with one attached hydrogen (secondary N) is 2. The maximum absolute atomic E-state index is 13.6. The Morgan fingerprint density at radius 1 is 1.03 bits per heavy atom. The second-order valence-corrected chi connectivity index (χ2v) is 10.7. The highest BCUT2D eigenvalue weighted by Crippen LogP contribution is 2.36. The van der Waals surface area contributed by atoms with Gasteiger partial charge in [-0.1, -0.05) is 42.5 Å². The number of carbonyl (C=O) groups is 3. The first kappa shape index (κ1) is 24.0. The molecular formula is C28H37N3O4. The number of nitrogens with zero attached hydrogens (tertiary/aromatic N) is 1. The Kier molecular flexibility index (Phi) is 7.23. The van der Waals surface area contributed by atoms with Crippen molar-refractivity contribution in [2.75, 3.05) is 26.3 Å². The van der Waals surface area contributed by atoms with Crippen LogP contribution in [-0.4, -0.2) is 61.0 Å². The number of fused-ring (bicyclic) bond motifs is 1. The number of amides is 3. The maximum atomic E-state index is 13.6. The van der Waals surface area contributed by atoms with Crippen molar-refractivity contribution in [1.29, 1.82) is 0 Å². The minimum absolute atomic E-state index is 0.0120. The number of likely N-dealkylation sites (tertiary alicyclic amines) is 1. The zero-order chi connectivity index (χ0) is 24.3. The minimum atomic E-state index is -0.639. The van der Waals surface area contributed by atoms with Gasteiger partial charge in [-0.2, -0.15) is 0 Å². The quantitative estimate of drug-likeness (QED) is 0.653. The summed E-state index contributed by atoms with van der Waals surface area (Å²) in [5.41, 5.74) is 0.464. The molecule has 7 nitrogen and oxygen atoms in total. The number of carbonyl (C=O) groups excluding carboxylic acids is 3. The molecule has 0 aromatic heterocycles. The van der Waals surface area contributed by atoms with Gasteiger partial charge in [0, 0.05) is 50.6 Å². The third kappa shape index (κ3) is 5.61. The van der Waals surface area contributed by atoms with Crippen molar-refractivity contribution >= 4 is 17.7 Å². The molecule has 3 heterocycles. The van der Waals surface area contributed by atoms with E-state index in [4.69, 9.17) is 4.74 Å². The standard InChI is InChI=1S/C28H37N3O4/c32-25-24(18-20-6-2-1-3-7-20)30-27(34)28(13-16-35-17-14-28)12-5-4-8-22-19-31(15-11-23(22)29-25)26(33)21-9-10-21/h1-7,21-24H,8-19H2,(H,29,32)(H,30,34)/b5-4+/t22-,23+,24-/m1/s1. The fourth-order valence-corrected chi connectivity index (χ4v) is 5.77. The van der Waals surface area contributed by atoms with Crippen LogP contribution in [0.3, 0.4) is 0 Å². The van der Waals surface area contributed by atoms with Crippen LogP contribution in [0.25, 0.3) is 0 Å². The van der Waals surface area contributed by atoms with Crippen LogP contribution in [0.5, 0.6) is 0 Å². The molecule has 2 N–H and O–H groups in total. The van der Waals surface area contributed by atoms with Crippen LogP contribution in [0.15, 0.2) is 42.5 Å². The maximum Gasteiger partial charge on any atom is 0.243 e. The van der Waals surface area contributed by atoms with Crippen LogP contribution >= 0.6 is 0 Å². The Morgan fingerprint density at radius 2 is 1.80 bits per heavy atom. The Bertz CT molecular complexity index is 952. The number of piperidine rings is 1. The van der Waals surface area contributed by atoms with E-state index < -0.39 is 11.5 Å². The van der Waals surface area contributed by atoms with Gasteiger partial charge in [0.1, 0.15) is 6.04 Å². The molecule has 3 fully saturated rings. The van der Waals surface area contributed by atoms with Gasteiger partial charge in [0.2, 0.25) is 17.7 Å². The number of benzene rings is 1. The van der Waals surface area contributed by atoms with E-state index in [-0.39, 0.29) is 35.6 Å². The van der Waals surface area contributed by atoms with E-state index >= 15 is 0 Å². The molecule has 1 saturated carbocycles. The molecular weight excluding hydrogens is 442 g/mol. The highest BCUT2D eigenvalue weighted by Gasteiger charge is 2.42. The Morgan fingerprint density at radius 3 is 2.54 bits per heavy atom. The highest BCUT2D eigenvalue weighted by atomic mass is 16.5. The van der Waals surface area contributed by atoms with Crippen molar-refractivity contribution in [2.45, 2.75) is 63.5 Å². The summed E-state index contributed by atoms with van der Waals surface area (Å²) in [5.74, 6) is 0.473. The normalized spacial score (nSPS) is 30.3. The van der Waals surface area contributed by atoms with E-state index in [2.05, 4.69) is 22.8 Å². The SMILES string of the molecule is O=C1N[C@H]2CCN(C(=O)C3CC3)C[C@H]2C/C=C/CC2(CCOCC2)C(=O)N[C@@H]1Cc1ccccc1. The summed E-state index contributed by atoms with van der Waals surface area (Å²) in [6.07, 6.45) is 10.2. The van der Waals surface area contributed by atoms with Crippen LogP contribution in [0, 0.1) is 17.3 Å². The van der Waals surface area contributed by atoms with Crippen molar-refractivity contribution in [3.8, 4) is 0 Å². The van der Waals surface area contributed by atoms with Crippen molar-refractivity contribution in [3.05, 3.63) is 48.0 Å². The number of rotatable bonds is 3.